The van der Waals surface area contributed by atoms with E-state index in [-0.39, 0.29) is 0 Å². The highest BCUT2D eigenvalue weighted by Crippen LogP contribution is 2.22. The van der Waals surface area contributed by atoms with E-state index in [1.165, 1.54) is 19.3 Å². The van der Waals surface area contributed by atoms with Crippen LogP contribution >= 0.6 is 0 Å². The molecular formula is C10H18O. The van der Waals surface area contributed by atoms with Crippen LogP contribution in [0.5, 0.6) is 0 Å². The second-order valence-corrected chi connectivity index (χ2v) is 3.84. The van der Waals surface area contributed by atoms with Gasteiger partial charge in [-0.3, -0.25) is 4.79 Å². The average molecular weight is 154 g/mol. The molecule has 0 aliphatic heterocycles. The van der Waals surface area contributed by atoms with Crippen LogP contribution in [0.4, 0.5) is 0 Å². The lowest BCUT2D eigenvalue weighted by molar-refractivity contribution is -0.126. The average Bonchev–Trinajstić information content (AvgIpc) is 2.00. The second-order valence-electron chi connectivity index (χ2n) is 3.84. The van der Waals surface area contributed by atoms with Crippen molar-refractivity contribution in [3.63, 3.8) is 0 Å². The van der Waals surface area contributed by atoms with Crippen LogP contribution in [0.2, 0.25) is 0 Å². The van der Waals surface area contributed by atoms with Crippen molar-refractivity contribution in [2.24, 2.45) is 11.8 Å². The van der Waals surface area contributed by atoms with Gasteiger partial charge in [0.25, 0.3) is 0 Å². The Bertz CT molecular complexity index is 126. The van der Waals surface area contributed by atoms with Gasteiger partial charge in [0.2, 0.25) is 0 Å². The van der Waals surface area contributed by atoms with Crippen molar-refractivity contribution in [2.45, 2.75) is 46.0 Å². The second kappa shape index (κ2) is 3.89. The van der Waals surface area contributed by atoms with Crippen molar-refractivity contribution in [3.05, 3.63) is 0 Å². The molecule has 0 N–H and O–H groups in total. The molecule has 0 heterocycles. The lowest BCUT2D eigenvalue weighted by Gasteiger charge is -2.19. The topological polar surface area (TPSA) is 17.1 Å². The molecule has 0 aromatic rings. The molecule has 0 spiro atoms. The number of carbonyl (C=O) groups excluding carboxylic acids is 1. The predicted molar refractivity (Wildman–Crippen MR) is 46.4 cm³/mol. The third-order valence-electron chi connectivity index (χ3n) is 2.75. The van der Waals surface area contributed by atoms with Crippen LogP contribution in [-0.4, -0.2) is 5.78 Å². The Morgan fingerprint density at radius 3 is 1.91 bits per heavy atom. The molecule has 0 unspecified atom stereocenters. The maximum absolute atomic E-state index is 11.5. The Hall–Kier alpha value is -0.330. The van der Waals surface area contributed by atoms with Crippen molar-refractivity contribution < 1.29 is 4.79 Å². The quantitative estimate of drug-likeness (QED) is 0.524. The van der Waals surface area contributed by atoms with E-state index in [4.69, 9.17) is 0 Å². The Morgan fingerprint density at radius 2 is 1.45 bits per heavy atom. The van der Waals surface area contributed by atoms with E-state index in [0.717, 1.165) is 12.8 Å². The predicted octanol–water partition coefficient (Wildman–Crippen LogP) is 2.79. The summed E-state index contributed by atoms with van der Waals surface area (Å²) in [5, 5.41) is 0. The zero-order valence-electron chi connectivity index (χ0n) is 7.60. The Labute approximate surface area is 69.2 Å². The van der Waals surface area contributed by atoms with Gasteiger partial charge < -0.3 is 0 Å². The lowest BCUT2D eigenvalue weighted by atomic mass is 9.85. The van der Waals surface area contributed by atoms with Crippen molar-refractivity contribution in [3.8, 4) is 0 Å². The van der Waals surface area contributed by atoms with Crippen LogP contribution < -0.4 is 0 Å². The van der Waals surface area contributed by atoms with Gasteiger partial charge in [0.1, 0.15) is 5.78 Å². The smallest absolute Gasteiger partial charge is 0.138 e. The summed E-state index contributed by atoms with van der Waals surface area (Å²) >= 11 is 0. The van der Waals surface area contributed by atoms with Gasteiger partial charge in [0.15, 0.2) is 0 Å². The molecular weight excluding hydrogens is 136 g/mol. The summed E-state index contributed by atoms with van der Waals surface area (Å²) in [5.74, 6) is 1.14. The number of Topliss-reactive ketones (excluding diaryl/α,β-unsaturated/α-hetero) is 1. The van der Waals surface area contributed by atoms with Crippen molar-refractivity contribution in [1.82, 2.24) is 0 Å². The summed E-state index contributed by atoms with van der Waals surface area (Å²) in [5.41, 5.74) is 0. The molecule has 1 aliphatic carbocycles. The Morgan fingerprint density at radius 1 is 1.00 bits per heavy atom. The molecule has 1 nitrogen and oxygen atoms in total. The lowest BCUT2D eigenvalue weighted by Crippen LogP contribution is -2.21. The van der Waals surface area contributed by atoms with Gasteiger partial charge in [0, 0.05) is 11.8 Å². The fourth-order valence-electron chi connectivity index (χ4n) is 1.85. The van der Waals surface area contributed by atoms with Gasteiger partial charge >= 0.3 is 0 Å². The van der Waals surface area contributed by atoms with Gasteiger partial charge in [-0.1, -0.05) is 33.1 Å². The standard InChI is InChI=1S/C10H18O/c1-8-6-4-3-5-7-9(2)10(8)11/h8-9H,3-7H2,1-2H3/t8-,9+. The zero-order valence-corrected chi connectivity index (χ0v) is 7.60. The minimum atomic E-state index is 0.324. The molecule has 1 rings (SSSR count). The molecule has 11 heavy (non-hydrogen) atoms. The highest BCUT2D eigenvalue weighted by Gasteiger charge is 2.20. The SMILES string of the molecule is C[C@@H]1CCCCC[C@H](C)C1=O. The maximum Gasteiger partial charge on any atom is 0.138 e. The van der Waals surface area contributed by atoms with E-state index >= 15 is 0 Å². The van der Waals surface area contributed by atoms with Gasteiger partial charge in [0.05, 0.1) is 0 Å². The van der Waals surface area contributed by atoms with Crippen molar-refractivity contribution in [1.29, 1.82) is 0 Å². The van der Waals surface area contributed by atoms with Gasteiger partial charge in [-0.2, -0.15) is 0 Å². The molecule has 0 aromatic heterocycles. The summed E-state index contributed by atoms with van der Waals surface area (Å²) in [6.45, 7) is 4.15. The third kappa shape index (κ3) is 2.32. The monoisotopic (exact) mass is 154 g/mol. The van der Waals surface area contributed by atoms with Crippen molar-refractivity contribution in [2.75, 3.05) is 0 Å². The van der Waals surface area contributed by atoms with E-state index < -0.39 is 0 Å². The first kappa shape index (κ1) is 8.76. The highest BCUT2D eigenvalue weighted by atomic mass is 16.1. The summed E-state index contributed by atoms with van der Waals surface area (Å²) < 4.78 is 0. The summed E-state index contributed by atoms with van der Waals surface area (Å²) in [6.07, 6.45) is 6.05. The first-order valence-electron chi connectivity index (χ1n) is 4.75. The number of rotatable bonds is 0. The van der Waals surface area contributed by atoms with E-state index in [1.54, 1.807) is 0 Å². The van der Waals surface area contributed by atoms with Gasteiger partial charge in [-0.25, -0.2) is 0 Å². The zero-order chi connectivity index (χ0) is 8.27. The van der Waals surface area contributed by atoms with E-state index in [0.29, 0.717) is 17.6 Å². The number of carbonyl (C=O) groups is 1. The summed E-state index contributed by atoms with van der Waals surface area (Å²) in [7, 11) is 0. The molecule has 0 saturated heterocycles. The number of ketones is 1. The Kier molecular flexibility index (Phi) is 3.10. The molecule has 1 saturated carbocycles. The van der Waals surface area contributed by atoms with Crippen LogP contribution in [0.1, 0.15) is 46.0 Å². The molecule has 1 fully saturated rings. The van der Waals surface area contributed by atoms with Crippen LogP contribution in [0.3, 0.4) is 0 Å². The van der Waals surface area contributed by atoms with E-state index in [2.05, 4.69) is 13.8 Å². The van der Waals surface area contributed by atoms with Crippen LogP contribution in [0.15, 0.2) is 0 Å². The minimum absolute atomic E-state index is 0.324. The highest BCUT2D eigenvalue weighted by molar-refractivity contribution is 5.82. The minimum Gasteiger partial charge on any atom is -0.299 e. The normalized spacial score (nSPS) is 34.5. The van der Waals surface area contributed by atoms with Gasteiger partial charge in [-0.05, 0) is 12.8 Å². The molecule has 64 valence electrons. The molecule has 0 radical (unpaired) electrons. The van der Waals surface area contributed by atoms with Crippen LogP contribution in [0, 0.1) is 11.8 Å². The fraction of sp³-hybridized carbons (Fsp3) is 0.900. The van der Waals surface area contributed by atoms with Crippen molar-refractivity contribution >= 4 is 5.78 Å². The molecule has 1 aliphatic rings. The van der Waals surface area contributed by atoms with E-state index in [9.17, 15) is 4.79 Å². The van der Waals surface area contributed by atoms with Crippen LogP contribution in [0.25, 0.3) is 0 Å². The first-order valence-corrected chi connectivity index (χ1v) is 4.75. The van der Waals surface area contributed by atoms with Crippen LogP contribution in [-0.2, 0) is 4.79 Å². The summed E-state index contributed by atoms with van der Waals surface area (Å²) in [6, 6.07) is 0. The molecule has 1 heteroatoms. The molecule has 2 atom stereocenters. The maximum atomic E-state index is 11.5. The third-order valence-corrected chi connectivity index (χ3v) is 2.75. The summed E-state index contributed by atoms with van der Waals surface area (Å²) in [4.78, 5) is 11.5. The number of hydrogen-bond donors (Lipinski definition) is 0. The molecule has 0 amide bonds. The number of hydrogen-bond acceptors (Lipinski definition) is 1. The van der Waals surface area contributed by atoms with E-state index in [1.807, 2.05) is 0 Å². The Balaban J connectivity index is 2.49. The molecule has 0 aromatic carbocycles. The fourth-order valence-corrected chi connectivity index (χ4v) is 1.85. The molecule has 0 bridgehead atoms. The first-order chi connectivity index (χ1) is 5.22. The van der Waals surface area contributed by atoms with Gasteiger partial charge in [-0.15, -0.1) is 0 Å². The largest absolute Gasteiger partial charge is 0.299 e.